The fourth-order valence-electron chi connectivity index (χ4n) is 1.45. The third-order valence-corrected chi connectivity index (χ3v) is 3.29. The Balaban J connectivity index is 2.91. The van der Waals surface area contributed by atoms with Crippen molar-refractivity contribution in [2.45, 2.75) is 26.3 Å². The van der Waals surface area contributed by atoms with E-state index in [1.165, 1.54) is 12.1 Å². The van der Waals surface area contributed by atoms with Gasteiger partial charge in [0.2, 0.25) is 0 Å². The first kappa shape index (κ1) is 16.2. The maximum atomic E-state index is 10.9. The van der Waals surface area contributed by atoms with Crippen molar-refractivity contribution in [1.82, 2.24) is 9.88 Å². The highest BCUT2D eigenvalue weighted by molar-refractivity contribution is 5.54. The lowest BCUT2D eigenvalue weighted by Gasteiger charge is -2.32. The van der Waals surface area contributed by atoms with E-state index in [1.807, 2.05) is 21.0 Å². The van der Waals surface area contributed by atoms with Crippen LogP contribution < -0.4 is 10.6 Å². The molecular formula is C13H23N5O2. The first-order valence-corrected chi connectivity index (χ1v) is 6.58. The molecule has 112 valence electrons. The van der Waals surface area contributed by atoms with E-state index in [2.05, 4.69) is 34.4 Å². The van der Waals surface area contributed by atoms with Gasteiger partial charge in [0.1, 0.15) is 11.6 Å². The maximum Gasteiger partial charge on any atom is 0.276 e. The lowest BCUT2D eigenvalue weighted by molar-refractivity contribution is -0.384. The normalized spacial score (nSPS) is 11.5. The minimum Gasteiger partial charge on any atom is -0.370 e. The molecule has 1 aromatic rings. The first-order valence-electron chi connectivity index (χ1n) is 6.58. The summed E-state index contributed by atoms with van der Waals surface area (Å²) in [7, 11) is 3.99. The summed E-state index contributed by atoms with van der Waals surface area (Å²) in [5.74, 6) is 1.01. The van der Waals surface area contributed by atoms with Crippen LogP contribution in [0.2, 0.25) is 0 Å². The van der Waals surface area contributed by atoms with Gasteiger partial charge in [-0.2, -0.15) is 0 Å². The summed E-state index contributed by atoms with van der Waals surface area (Å²) in [6.45, 7) is 7.39. The van der Waals surface area contributed by atoms with E-state index < -0.39 is 4.92 Å². The van der Waals surface area contributed by atoms with Gasteiger partial charge in [-0.15, -0.1) is 0 Å². The van der Waals surface area contributed by atoms with Gasteiger partial charge in [0.05, 0.1) is 17.1 Å². The molecule has 7 nitrogen and oxygen atoms in total. The zero-order valence-corrected chi connectivity index (χ0v) is 12.7. The third kappa shape index (κ3) is 4.34. The Hall–Kier alpha value is -1.89. The van der Waals surface area contributed by atoms with Gasteiger partial charge >= 0.3 is 0 Å². The molecule has 2 N–H and O–H groups in total. The molecule has 20 heavy (non-hydrogen) atoms. The Morgan fingerprint density at radius 2 is 1.85 bits per heavy atom. The fourth-order valence-corrected chi connectivity index (χ4v) is 1.45. The maximum absolute atomic E-state index is 10.9. The molecule has 0 saturated carbocycles. The van der Waals surface area contributed by atoms with Crippen LogP contribution in [-0.2, 0) is 0 Å². The first-order chi connectivity index (χ1) is 9.26. The fraction of sp³-hybridized carbons (Fsp3) is 0.615. The summed E-state index contributed by atoms with van der Waals surface area (Å²) in [6.07, 6.45) is 0. The number of nitro groups is 1. The molecule has 0 aliphatic carbocycles. The Kier molecular flexibility index (Phi) is 5.26. The van der Waals surface area contributed by atoms with Crippen molar-refractivity contribution in [3.63, 3.8) is 0 Å². The van der Waals surface area contributed by atoms with Crippen molar-refractivity contribution in [2.75, 3.05) is 37.8 Å². The topological polar surface area (TPSA) is 83.3 Å². The number of pyridine rings is 1. The summed E-state index contributed by atoms with van der Waals surface area (Å²) < 4.78 is 0. The van der Waals surface area contributed by atoms with E-state index in [4.69, 9.17) is 0 Å². The van der Waals surface area contributed by atoms with Gasteiger partial charge in [0, 0.05) is 18.6 Å². The molecule has 1 aromatic heterocycles. The molecule has 0 aliphatic heterocycles. The minimum atomic E-state index is -0.412. The van der Waals surface area contributed by atoms with E-state index >= 15 is 0 Å². The van der Waals surface area contributed by atoms with Crippen LogP contribution in [-0.4, -0.2) is 47.5 Å². The van der Waals surface area contributed by atoms with E-state index in [1.54, 1.807) is 0 Å². The van der Waals surface area contributed by atoms with Gasteiger partial charge in [-0.1, -0.05) is 0 Å². The molecular weight excluding hydrogens is 258 g/mol. The monoisotopic (exact) mass is 281 g/mol. The van der Waals surface area contributed by atoms with Crippen LogP contribution >= 0.6 is 0 Å². The van der Waals surface area contributed by atoms with Crippen molar-refractivity contribution in [3.05, 3.63) is 22.2 Å². The van der Waals surface area contributed by atoms with Crippen LogP contribution in [0.3, 0.4) is 0 Å². The van der Waals surface area contributed by atoms with Crippen molar-refractivity contribution in [1.29, 1.82) is 0 Å². The number of hydrogen-bond donors (Lipinski definition) is 2. The van der Waals surface area contributed by atoms with Gasteiger partial charge in [0.25, 0.3) is 5.69 Å². The third-order valence-electron chi connectivity index (χ3n) is 3.29. The van der Waals surface area contributed by atoms with E-state index in [-0.39, 0.29) is 11.2 Å². The molecule has 0 unspecified atom stereocenters. The Morgan fingerprint density at radius 1 is 1.30 bits per heavy atom. The number of hydrogen-bond acceptors (Lipinski definition) is 6. The second-order valence-corrected chi connectivity index (χ2v) is 5.44. The molecule has 0 amide bonds. The quantitative estimate of drug-likeness (QED) is 0.588. The summed E-state index contributed by atoms with van der Waals surface area (Å²) in [5, 5.41) is 17.1. The minimum absolute atomic E-state index is 0.0288. The molecule has 0 fully saturated rings. The second kappa shape index (κ2) is 6.51. The highest BCUT2D eigenvalue weighted by Crippen LogP contribution is 2.21. The smallest absolute Gasteiger partial charge is 0.276 e. The highest BCUT2D eigenvalue weighted by atomic mass is 16.6. The van der Waals surface area contributed by atoms with Crippen LogP contribution in [0.1, 0.15) is 20.8 Å². The van der Waals surface area contributed by atoms with Crippen LogP contribution in [0.15, 0.2) is 12.1 Å². The lowest BCUT2D eigenvalue weighted by atomic mass is 10.0. The lowest BCUT2D eigenvalue weighted by Crippen LogP contribution is -2.44. The Bertz CT molecular complexity index is 474. The highest BCUT2D eigenvalue weighted by Gasteiger charge is 2.20. The summed E-state index contributed by atoms with van der Waals surface area (Å²) in [4.78, 5) is 16.9. The number of rotatable bonds is 7. The molecule has 0 aliphatic rings. The molecule has 7 heteroatoms. The summed E-state index contributed by atoms with van der Waals surface area (Å²) >= 11 is 0. The van der Waals surface area contributed by atoms with Crippen LogP contribution in [0, 0.1) is 10.1 Å². The van der Waals surface area contributed by atoms with Gasteiger partial charge in [-0.3, -0.25) is 10.1 Å². The van der Waals surface area contributed by atoms with Crippen molar-refractivity contribution >= 4 is 17.3 Å². The summed E-state index contributed by atoms with van der Waals surface area (Å²) in [5.41, 5.74) is -0.0499. The molecule has 0 spiro atoms. The molecule has 0 saturated heterocycles. The van der Waals surface area contributed by atoms with Crippen molar-refractivity contribution < 1.29 is 4.92 Å². The predicted octanol–water partition coefficient (Wildman–Crippen LogP) is 2.17. The average molecular weight is 281 g/mol. The molecule has 0 bridgehead atoms. The number of nitrogens with one attached hydrogen (secondary N) is 2. The largest absolute Gasteiger partial charge is 0.370 e. The molecule has 1 rings (SSSR count). The van der Waals surface area contributed by atoms with Crippen LogP contribution in [0.25, 0.3) is 0 Å². The van der Waals surface area contributed by atoms with Gasteiger partial charge < -0.3 is 15.5 Å². The van der Waals surface area contributed by atoms with E-state index in [9.17, 15) is 10.1 Å². The number of likely N-dealkylation sites (N-methyl/N-ethyl adjacent to an activating group) is 1. The molecule has 0 aromatic carbocycles. The number of anilines is 2. The SMILES string of the molecule is CCNc1cc([N+](=O)[O-])cc(NCC(C)(C)N(C)C)n1. The number of nitrogens with zero attached hydrogens (tertiary/aromatic N) is 3. The van der Waals surface area contributed by atoms with E-state index in [0.717, 1.165) is 0 Å². The van der Waals surface area contributed by atoms with Gasteiger partial charge in [0.15, 0.2) is 0 Å². The van der Waals surface area contributed by atoms with Crippen LogP contribution in [0.4, 0.5) is 17.3 Å². The second-order valence-electron chi connectivity index (χ2n) is 5.44. The summed E-state index contributed by atoms with van der Waals surface area (Å²) in [6, 6.07) is 2.89. The van der Waals surface area contributed by atoms with Gasteiger partial charge in [-0.25, -0.2) is 4.98 Å². The molecule has 0 atom stereocenters. The zero-order chi connectivity index (χ0) is 15.3. The van der Waals surface area contributed by atoms with Gasteiger partial charge in [-0.05, 0) is 34.9 Å². The zero-order valence-electron chi connectivity index (χ0n) is 12.7. The standard InChI is InChI=1S/C13H23N5O2/c1-6-14-11-7-10(18(19)20)8-12(16-11)15-9-13(2,3)17(4)5/h7-8H,6,9H2,1-5H3,(H2,14,15,16). The molecule has 0 radical (unpaired) electrons. The average Bonchev–Trinajstić information content (AvgIpc) is 2.36. The van der Waals surface area contributed by atoms with Crippen LogP contribution in [0.5, 0.6) is 0 Å². The Labute approximate surface area is 119 Å². The van der Waals surface area contributed by atoms with Crippen molar-refractivity contribution in [2.24, 2.45) is 0 Å². The Morgan fingerprint density at radius 3 is 2.30 bits per heavy atom. The molecule has 1 heterocycles. The van der Waals surface area contributed by atoms with Crippen molar-refractivity contribution in [3.8, 4) is 0 Å². The number of aromatic nitrogens is 1. The van der Waals surface area contributed by atoms with E-state index in [0.29, 0.717) is 24.7 Å². The predicted molar refractivity (Wildman–Crippen MR) is 81.3 cm³/mol.